The minimum Gasteiger partial charge on any atom is -0.486 e. The summed E-state index contributed by atoms with van der Waals surface area (Å²) >= 11 is 1.25. The molecule has 0 spiro atoms. The molecular weight excluding hydrogens is 456 g/mol. The van der Waals surface area contributed by atoms with Gasteiger partial charge in [0.05, 0.1) is 11.8 Å². The van der Waals surface area contributed by atoms with Crippen molar-refractivity contribution in [3.8, 4) is 11.5 Å². The number of anilines is 1. The Hall–Kier alpha value is -3.60. The molecule has 0 unspecified atom stereocenters. The van der Waals surface area contributed by atoms with Crippen molar-refractivity contribution >= 4 is 29.3 Å². The zero-order valence-corrected chi connectivity index (χ0v) is 19.5. The number of fused-ring (bicyclic) bond motifs is 1. The van der Waals surface area contributed by atoms with Gasteiger partial charge in [-0.1, -0.05) is 17.8 Å². The molecular formula is C23H24N6O4S. The van der Waals surface area contributed by atoms with Gasteiger partial charge in [0, 0.05) is 24.8 Å². The summed E-state index contributed by atoms with van der Waals surface area (Å²) in [5.74, 6) is 1.46. The first-order chi connectivity index (χ1) is 16.6. The van der Waals surface area contributed by atoms with Crippen molar-refractivity contribution in [1.82, 2.24) is 25.1 Å². The van der Waals surface area contributed by atoms with Crippen molar-refractivity contribution in [2.75, 3.05) is 30.8 Å². The van der Waals surface area contributed by atoms with Crippen LogP contribution in [0.4, 0.5) is 5.69 Å². The maximum Gasteiger partial charge on any atom is 0.254 e. The number of nitrogens with one attached hydrogen (secondary N) is 1. The van der Waals surface area contributed by atoms with Crippen LogP contribution < -0.4 is 14.8 Å². The number of hydrogen-bond acceptors (Lipinski definition) is 8. The van der Waals surface area contributed by atoms with Crippen molar-refractivity contribution in [2.24, 2.45) is 7.05 Å². The summed E-state index contributed by atoms with van der Waals surface area (Å²) in [5.41, 5.74) is 2.26. The molecule has 10 nitrogen and oxygen atoms in total. The van der Waals surface area contributed by atoms with Crippen LogP contribution in [0.25, 0.3) is 0 Å². The Labute approximate surface area is 200 Å². The topological polar surface area (TPSA) is 111 Å². The van der Waals surface area contributed by atoms with Crippen LogP contribution in [0.3, 0.4) is 0 Å². The predicted octanol–water partition coefficient (Wildman–Crippen LogP) is 2.69. The molecule has 2 aliphatic heterocycles. The summed E-state index contributed by atoms with van der Waals surface area (Å²) in [4.78, 5) is 27.4. The molecule has 0 saturated carbocycles. The highest BCUT2D eigenvalue weighted by molar-refractivity contribution is 7.99. The molecule has 0 aliphatic carbocycles. The lowest BCUT2D eigenvalue weighted by molar-refractivity contribution is -0.113. The summed E-state index contributed by atoms with van der Waals surface area (Å²) in [5, 5.41) is 14.5. The van der Waals surface area contributed by atoms with E-state index in [0.717, 1.165) is 29.9 Å². The number of aryl methyl sites for hydroxylation is 1. The molecule has 1 N–H and O–H groups in total. The van der Waals surface area contributed by atoms with E-state index in [4.69, 9.17) is 9.47 Å². The van der Waals surface area contributed by atoms with Gasteiger partial charge in [0.2, 0.25) is 11.1 Å². The lowest BCUT2D eigenvalue weighted by Crippen LogP contribution is -2.30. The van der Waals surface area contributed by atoms with Crippen LogP contribution in [0.1, 0.15) is 34.8 Å². The maximum absolute atomic E-state index is 13.3. The predicted molar refractivity (Wildman–Crippen MR) is 125 cm³/mol. The first-order valence-corrected chi connectivity index (χ1v) is 12.0. The first kappa shape index (κ1) is 22.2. The monoisotopic (exact) mass is 480 g/mol. The first-order valence-electron chi connectivity index (χ1n) is 11.0. The van der Waals surface area contributed by atoms with Crippen LogP contribution in [0, 0.1) is 0 Å². The van der Waals surface area contributed by atoms with E-state index in [1.54, 1.807) is 31.3 Å². The number of tetrazole rings is 1. The van der Waals surface area contributed by atoms with Crippen molar-refractivity contribution < 1.29 is 19.1 Å². The molecule has 5 rings (SSSR count). The molecule has 176 valence electrons. The third-order valence-electron chi connectivity index (χ3n) is 5.79. The molecule has 34 heavy (non-hydrogen) atoms. The zero-order valence-electron chi connectivity index (χ0n) is 18.6. The number of rotatable bonds is 6. The van der Waals surface area contributed by atoms with Crippen molar-refractivity contribution in [2.45, 2.75) is 24.0 Å². The standard InChI is InChI=1S/C23H24N6O4S/c1-28-23(25-26-27-28)34-14-21(30)24-17-7-4-15(5-8-17)22(31)29-10-2-3-18(29)16-6-9-19-20(13-16)33-12-11-32-19/h4-9,13,18H,2-3,10-12,14H2,1H3,(H,24,30)/t18-/m0/s1. The summed E-state index contributed by atoms with van der Waals surface area (Å²) in [7, 11) is 1.72. The number of thioether (sulfide) groups is 1. The minimum atomic E-state index is -0.176. The fraction of sp³-hybridized carbons (Fsp3) is 0.348. The minimum absolute atomic E-state index is 0.00478. The van der Waals surface area contributed by atoms with Crippen molar-refractivity contribution in [3.05, 3.63) is 53.6 Å². The van der Waals surface area contributed by atoms with Crippen LogP contribution in [-0.4, -0.2) is 62.4 Å². The number of carbonyl (C=O) groups excluding carboxylic acids is 2. The SMILES string of the molecule is Cn1nnnc1SCC(=O)Nc1ccc(C(=O)N2CCC[C@H]2c2ccc3c(c2)OCCO3)cc1. The molecule has 0 radical (unpaired) electrons. The fourth-order valence-electron chi connectivity index (χ4n) is 4.16. The summed E-state index contributed by atoms with van der Waals surface area (Å²) in [6.45, 7) is 1.78. The lowest BCUT2D eigenvalue weighted by atomic mass is 10.0. The molecule has 2 aromatic carbocycles. The Morgan fingerprint density at radius 1 is 1.12 bits per heavy atom. The van der Waals surface area contributed by atoms with E-state index < -0.39 is 0 Å². The van der Waals surface area contributed by atoms with Crippen LogP contribution in [0.2, 0.25) is 0 Å². The normalized spacial score (nSPS) is 17.0. The maximum atomic E-state index is 13.3. The second-order valence-electron chi connectivity index (χ2n) is 8.06. The molecule has 3 heterocycles. The van der Waals surface area contributed by atoms with E-state index in [0.29, 0.717) is 36.2 Å². The Balaban J connectivity index is 1.22. The second kappa shape index (κ2) is 9.72. The Kier molecular flexibility index (Phi) is 6.35. The lowest BCUT2D eigenvalue weighted by Gasteiger charge is -2.27. The number of carbonyl (C=O) groups is 2. The smallest absolute Gasteiger partial charge is 0.254 e. The molecule has 0 bridgehead atoms. The number of aromatic nitrogens is 4. The van der Waals surface area contributed by atoms with Gasteiger partial charge in [0.1, 0.15) is 13.2 Å². The summed E-state index contributed by atoms with van der Waals surface area (Å²) in [6.07, 6.45) is 1.84. The highest BCUT2D eigenvalue weighted by Gasteiger charge is 2.31. The van der Waals surface area contributed by atoms with Gasteiger partial charge in [-0.25, -0.2) is 4.68 Å². The second-order valence-corrected chi connectivity index (χ2v) is 9.00. The van der Waals surface area contributed by atoms with E-state index in [9.17, 15) is 9.59 Å². The van der Waals surface area contributed by atoms with Crippen molar-refractivity contribution in [1.29, 1.82) is 0 Å². The van der Waals surface area contributed by atoms with Crippen LogP contribution in [0.15, 0.2) is 47.6 Å². The number of benzene rings is 2. The van der Waals surface area contributed by atoms with Gasteiger partial charge in [-0.05, 0) is 65.2 Å². The van der Waals surface area contributed by atoms with Crippen molar-refractivity contribution in [3.63, 3.8) is 0 Å². The summed E-state index contributed by atoms with van der Waals surface area (Å²) < 4.78 is 12.8. The third-order valence-corrected chi connectivity index (χ3v) is 6.80. The van der Waals surface area contributed by atoms with Crippen LogP contribution in [0.5, 0.6) is 11.5 Å². The van der Waals surface area contributed by atoms with Gasteiger partial charge in [-0.15, -0.1) is 5.10 Å². The Morgan fingerprint density at radius 3 is 2.68 bits per heavy atom. The Morgan fingerprint density at radius 2 is 1.91 bits per heavy atom. The number of nitrogens with zero attached hydrogens (tertiary/aromatic N) is 5. The average molecular weight is 481 g/mol. The quantitative estimate of drug-likeness (QED) is 0.536. The zero-order chi connectivity index (χ0) is 23.5. The van der Waals surface area contributed by atoms with Gasteiger partial charge < -0.3 is 19.7 Å². The molecule has 11 heteroatoms. The molecule has 1 aromatic heterocycles. The van der Waals surface area contributed by atoms with Gasteiger partial charge >= 0.3 is 0 Å². The molecule has 2 amide bonds. The number of hydrogen-bond donors (Lipinski definition) is 1. The van der Waals surface area contributed by atoms with Crippen LogP contribution >= 0.6 is 11.8 Å². The molecule has 1 saturated heterocycles. The summed E-state index contributed by atoms with van der Waals surface area (Å²) in [6, 6.07) is 12.9. The molecule has 2 aliphatic rings. The Bertz CT molecular complexity index is 1200. The highest BCUT2D eigenvalue weighted by Crippen LogP contribution is 2.38. The molecule has 1 fully saturated rings. The van der Waals surface area contributed by atoms with E-state index in [1.165, 1.54) is 16.4 Å². The largest absolute Gasteiger partial charge is 0.486 e. The van der Waals surface area contributed by atoms with Gasteiger partial charge in [0.15, 0.2) is 11.5 Å². The van der Waals surface area contributed by atoms with E-state index in [1.807, 2.05) is 23.1 Å². The van der Waals surface area contributed by atoms with Gasteiger partial charge in [-0.3, -0.25) is 9.59 Å². The third kappa shape index (κ3) is 4.69. The molecule has 1 atom stereocenters. The van der Waals surface area contributed by atoms with Gasteiger partial charge in [0.25, 0.3) is 5.91 Å². The fourth-order valence-corrected chi connectivity index (χ4v) is 4.81. The molecule has 3 aromatic rings. The average Bonchev–Trinajstić information content (AvgIpc) is 3.51. The number of likely N-dealkylation sites (tertiary alicyclic amines) is 1. The number of amides is 2. The van der Waals surface area contributed by atoms with Crippen LogP contribution in [-0.2, 0) is 11.8 Å². The van der Waals surface area contributed by atoms with E-state index >= 15 is 0 Å². The highest BCUT2D eigenvalue weighted by atomic mass is 32.2. The van der Waals surface area contributed by atoms with Gasteiger partial charge in [-0.2, -0.15) is 0 Å². The van der Waals surface area contributed by atoms with E-state index in [-0.39, 0.29) is 23.6 Å². The number of ether oxygens (including phenoxy) is 2. The van der Waals surface area contributed by atoms with E-state index in [2.05, 4.69) is 20.8 Å².